The van der Waals surface area contributed by atoms with Crippen molar-refractivity contribution in [2.45, 2.75) is 37.8 Å². The highest BCUT2D eigenvalue weighted by Gasteiger charge is 2.25. The highest BCUT2D eigenvalue weighted by Crippen LogP contribution is 2.19. The summed E-state index contributed by atoms with van der Waals surface area (Å²) in [4.78, 5) is 11.6. The maximum Gasteiger partial charge on any atom is 0.235 e. The average Bonchev–Trinajstić information content (AvgIpc) is 2.92. The van der Waals surface area contributed by atoms with Gasteiger partial charge in [0.05, 0.1) is 12.1 Å². The van der Waals surface area contributed by atoms with Crippen LogP contribution in [0.1, 0.15) is 31.2 Å². The summed E-state index contributed by atoms with van der Waals surface area (Å²) in [5, 5.41) is 3.26. The molecule has 3 unspecified atom stereocenters. The molecule has 19 heavy (non-hydrogen) atoms. The van der Waals surface area contributed by atoms with Gasteiger partial charge in [-0.3, -0.25) is 4.79 Å². The number of primary amides is 1. The predicted molar refractivity (Wildman–Crippen MR) is 74.8 cm³/mol. The number of carbonyl (C=O) groups is 1. The average molecular weight is 262 g/mol. The Balaban J connectivity index is 1.96. The van der Waals surface area contributed by atoms with E-state index in [0.717, 1.165) is 25.0 Å². The first-order valence-electron chi connectivity index (χ1n) is 6.87. The zero-order valence-corrected chi connectivity index (χ0v) is 11.3. The fraction of sp³-hybridized carbons (Fsp3) is 0.533. The molecule has 3 atom stereocenters. The zero-order valence-electron chi connectivity index (χ0n) is 11.3. The van der Waals surface area contributed by atoms with Gasteiger partial charge in [0.2, 0.25) is 5.91 Å². The lowest BCUT2D eigenvalue weighted by Gasteiger charge is -2.24. The summed E-state index contributed by atoms with van der Waals surface area (Å²) in [6, 6.07) is 9.61. The van der Waals surface area contributed by atoms with E-state index >= 15 is 0 Å². The Bertz CT molecular complexity index is 402. The third kappa shape index (κ3) is 3.78. The number of nitrogens with one attached hydrogen (secondary N) is 1. The molecule has 0 bridgehead atoms. The first-order valence-corrected chi connectivity index (χ1v) is 6.87. The first kappa shape index (κ1) is 14.0. The zero-order chi connectivity index (χ0) is 13.7. The van der Waals surface area contributed by atoms with Gasteiger partial charge in [-0.15, -0.1) is 0 Å². The summed E-state index contributed by atoms with van der Waals surface area (Å²) in [7, 11) is 0. The van der Waals surface area contributed by atoms with E-state index in [2.05, 4.69) is 5.32 Å². The molecule has 3 N–H and O–H groups in total. The topological polar surface area (TPSA) is 64.3 Å². The van der Waals surface area contributed by atoms with Crippen LogP contribution in [0, 0.1) is 0 Å². The van der Waals surface area contributed by atoms with Crippen LogP contribution in [0.2, 0.25) is 0 Å². The van der Waals surface area contributed by atoms with Crippen molar-refractivity contribution in [3.05, 3.63) is 35.9 Å². The van der Waals surface area contributed by atoms with Crippen LogP contribution in [-0.2, 0) is 9.53 Å². The molecule has 0 aliphatic carbocycles. The van der Waals surface area contributed by atoms with Crippen molar-refractivity contribution < 1.29 is 9.53 Å². The van der Waals surface area contributed by atoms with Crippen LogP contribution in [0.4, 0.5) is 0 Å². The normalized spacial score (nSPS) is 22.1. The molecule has 0 saturated carbocycles. The summed E-state index contributed by atoms with van der Waals surface area (Å²) in [6.45, 7) is 3.53. The molecule has 1 aromatic rings. The molecule has 104 valence electrons. The van der Waals surface area contributed by atoms with Crippen LogP contribution in [-0.4, -0.2) is 31.2 Å². The molecule has 1 heterocycles. The van der Waals surface area contributed by atoms with Gasteiger partial charge in [-0.2, -0.15) is 0 Å². The molecule has 4 nitrogen and oxygen atoms in total. The number of nitrogens with two attached hydrogens (primary N) is 1. The van der Waals surface area contributed by atoms with Crippen molar-refractivity contribution in [2.24, 2.45) is 5.73 Å². The number of hydrogen-bond acceptors (Lipinski definition) is 3. The number of benzene rings is 1. The van der Waals surface area contributed by atoms with Gasteiger partial charge >= 0.3 is 0 Å². The fourth-order valence-electron chi connectivity index (χ4n) is 2.54. The van der Waals surface area contributed by atoms with Crippen LogP contribution >= 0.6 is 0 Å². The van der Waals surface area contributed by atoms with Gasteiger partial charge in [-0.1, -0.05) is 37.3 Å². The van der Waals surface area contributed by atoms with E-state index in [1.54, 1.807) is 0 Å². The third-order valence-corrected chi connectivity index (χ3v) is 3.72. The van der Waals surface area contributed by atoms with E-state index in [0.29, 0.717) is 6.54 Å². The van der Waals surface area contributed by atoms with Crippen molar-refractivity contribution in [1.29, 1.82) is 0 Å². The Morgan fingerprint density at radius 2 is 2.21 bits per heavy atom. The maximum absolute atomic E-state index is 11.6. The minimum atomic E-state index is -0.355. The number of ether oxygens (including phenoxy) is 1. The van der Waals surface area contributed by atoms with Crippen molar-refractivity contribution >= 4 is 5.91 Å². The van der Waals surface area contributed by atoms with Gasteiger partial charge in [0.1, 0.15) is 0 Å². The van der Waals surface area contributed by atoms with E-state index in [-0.39, 0.29) is 24.0 Å². The Kier molecular flexibility index (Phi) is 4.93. The highest BCUT2D eigenvalue weighted by molar-refractivity contribution is 5.81. The number of hydrogen-bond donors (Lipinski definition) is 2. The molecule has 0 radical (unpaired) electrons. The number of rotatable bonds is 6. The van der Waals surface area contributed by atoms with Gasteiger partial charge in [-0.05, 0) is 18.4 Å². The van der Waals surface area contributed by atoms with Crippen molar-refractivity contribution in [1.82, 2.24) is 5.32 Å². The number of amides is 1. The standard InChI is InChI=1S/C15H22N2O2/c1-11(12-6-3-2-4-7-12)14(15(16)18)17-10-13-8-5-9-19-13/h2-4,6-7,11,13-14,17H,5,8-10H2,1H3,(H2,16,18). The third-order valence-electron chi connectivity index (χ3n) is 3.72. The smallest absolute Gasteiger partial charge is 0.235 e. The molecule has 4 heteroatoms. The molecule has 1 amide bonds. The molecule has 2 rings (SSSR count). The van der Waals surface area contributed by atoms with Crippen LogP contribution in [0.15, 0.2) is 30.3 Å². The SMILES string of the molecule is CC(c1ccccc1)C(NCC1CCCO1)C(N)=O. The Hall–Kier alpha value is -1.39. The molecular formula is C15H22N2O2. The quantitative estimate of drug-likeness (QED) is 0.814. The van der Waals surface area contributed by atoms with E-state index in [4.69, 9.17) is 10.5 Å². The van der Waals surface area contributed by atoms with E-state index in [9.17, 15) is 4.79 Å². The van der Waals surface area contributed by atoms with Crippen LogP contribution in [0.25, 0.3) is 0 Å². The van der Waals surface area contributed by atoms with Gasteiger partial charge in [0, 0.05) is 19.1 Å². The second kappa shape index (κ2) is 6.68. The highest BCUT2D eigenvalue weighted by atomic mass is 16.5. The van der Waals surface area contributed by atoms with Crippen molar-refractivity contribution in [3.8, 4) is 0 Å². The van der Waals surface area contributed by atoms with Crippen molar-refractivity contribution in [3.63, 3.8) is 0 Å². The summed E-state index contributed by atoms with van der Waals surface area (Å²) in [6.07, 6.45) is 2.37. The maximum atomic E-state index is 11.6. The number of carbonyl (C=O) groups excluding carboxylic acids is 1. The second-order valence-electron chi connectivity index (χ2n) is 5.12. The predicted octanol–water partition coefficient (Wildman–Crippen LogP) is 1.41. The Labute approximate surface area is 114 Å². The lowest BCUT2D eigenvalue weighted by atomic mass is 9.92. The van der Waals surface area contributed by atoms with E-state index < -0.39 is 0 Å². The monoisotopic (exact) mass is 262 g/mol. The summed E-state index contributed by atoms with van der Waals surface area (Å²) < 4.78 is 5.55. The molecule has 1 aromatic carbocycles. The van der Waals surface area contributed by atoms with Crippen molar-refractivity contribution in [2.75, 3.05) is 13.2 Å². The van der Waals surface area contributed by atoms with Gasteiger partial charge in [0.15, 0.2) is 0 Å². The lowest BCUT2D eigenvalue weighted by molar-refractivity contribution is -0.120. The Morgan fingerprint density at radius 1 is 1.47 bits per heavy atom. The molecule has 1 saturated heterocycles. The fourth-order valence-corrected chi connectivity index (χ4v) is 2.54. The minimum absolute atomic E-state index is 0.0557. The molecule has 1 fully saturated rings. The van der Waals surface area contributed by atoms with Crippen LogP contribution in [0.3, 0.4) is 0 Å². The molecule has 1 aliphatic heterocycles. The second-order valence-corrected chi connectivity index (χ2v) is 5.12. The van der Waals surface area contributed by atoms with E-state index in [1.165, 1.54) is 0 Å². The molecular weight excluding hydrogens is 240 g/mol. The van der Waals surface area contributed by atoms with Crippen LogP contribution in [0.5, 0.6) is 0 Å². The van der Waals surface area contributed by atoms with Crippen LogP contribution < -0.4 is 11.1 Å². The largest absolute Gasteiger partial charge is 0.377 e. The summed E-state index contributed by atoms with van der Waals surface area (Å²) >= 11 is 0. The Morgan fingerprint density at radius 3 is 2.79 bits per heavy atom. The first-order chi connectivity index (χ1) is 9.18. The van der Waals surface area contributed by atoms with Gasteiger partial charge < -0.3 is 15.8 Å². The van der Waals surface area contributed by atoms with E-state index in [1.807, 2.05) is 37.3 Å². The lowest BCUT2D eigenvalue weighted by Crippen LogP contribution is -2.47. The minimum Gasteiger partial charge on any atom is -0.377 e. The summed E-state index contributed by atoms with van der Waals surface area (Å²) in [5.41, 5.74) is 6.63. The van der Waals surface area contributed by atoms with Gasteiger partial charge in [0.25, 0.3) is 0 Å². The molecule has 1 aliphatic rings. The van der Waals surface area contributed by atoms with Gasteiger partial charge in [-0.25, -0.2) is 0 Å². The molecule has 0 spiro atoms. The molecule has 0 aromatic heterocycles. The summed E-state index contributed by atoms with van der Waals surface area (Å²) in [5.74, 6) is -0.255.